The molecule has 1 aliphatic heterocycles. The van der Waals surface area contributed by atoms with E-state index in [1.807, 2.05) is 4.90 Å². The van der Waals surface area contributed by atoms with Gasteiger partial charge in [0.25, 0.3) is 5.56 Å². The van der Waals surface area contributed by atoms with Crippen molar-refractivity contribution in [2.75, 3.05) is 24.7 Å². The molecule has 1 atom stereocenters. The Bertz CT molecular complexity index is 978. The second kappa shape index (κ2) is 6.64. The molecule has 3 heterocycles. The van der Waals surface area contributed by atoms with Crippen LogP contribution in [0.3, 0.4) is 0 Å². The first-order valence-electron chi connectivity index (χ1n) is 9.40. The van der Waals surface area contributed by atoms with E-state index in [4.69, 9.17) is 4.74 Å². The second-order valence-corrected chi connectivity index (χ2v) is 7.30. The SMILES string of the molecule is CCOC(=O)c1cc(C2CC2)c2c(C)c(N3CCC3CO)c(F)cn2c1=O. The number of halogens is 1. The molecule has 1 saturated heterocycles. The second-order valence-electron chi connectivity index (χ2n) is 7.30. The van der Waals surface area contributed by atoms with Crippen LogP contribution in [0.5, 0.6) is 0 Å². The summed E-state index contributed by atoms with van der Waals surface area (Å²) in [6, 6.07) is 1.53. The fraction of sp³-hybridized carbons (Fsp3) is 0.500. The van der Waals surface area contributed by atoms with Gasteiger partial charge >= 0.3 is 5.97 Å². The summed E-state index contributed by atoms with van der Waals surface area (Å²) in [5, 5.41) is 9.49. The first-order chi connectivity index (χ1) is 13.0. The molecular formula is C20H23FN2O4. The van der Waals surface area contributed by atoms with Crippen LogP contribution < -0.4 is 10.5 Å². The molecule has 0 bridgehead atoms. The predicted molar refractivity (Wildman–Crippen MR) is 99.1 cm³/mol. The number of hydrogen-bond acceptors (Lipinski definition) is 5. The number of aryl methyl sites for hydroxylation is 1. The Morgan fingerprint density at radius 3 is 2.67 bits per heavy atom. The Hall–Kier alpha value is -2.41. The highest BCUT2D eigenvalue weighted by Gasteiger charge is 2.34. The van der Waals surface area contributed by atoms with E-state index in [1.54, 1.807) is 19.9 Å². The quantitative estimate of drug-likeness (QED) is 0.814. The van der Waals surface area contributed by atoms with E-state index in [1.165, 1.54) is 10.6 Å². The molecule has 0 aromatic carbocycles. The molecule has 2 fully saturated rings. The summed E-state index contributed by atoms with van der Waals surface area (Å²) < 4.78 is 21.2. The molecule has 0 amide bonds. The summed E-state index contributed by atoms with van der Waals surface area (Å²) in [5.74, 6) is -0.942. The molecule has 2 aliphatic rings. The van der Waals surface area contributed by atoms with Crippen molar-refractivity contribution in [2.24, 2.45) is 0 Å². The monoisotopic (exact) mass is 374 g/mol. The number of fused-ring (bicyclic) bond motifs is 1. The molecule has 2 aromatic heterocycles. The van der Waals surface area contributed by atoms with Crippen LogP contribution in [0.25, 0.3) is 5.52 Å². The van der Waals surface area contributed by atoms with Gasteiger partial charge in [-0.1, -0.05) is 0 Å². The molecule has 27 heavy (non-hydrogen) atoms. The summed E-state index contributed by atoms with van der Waals surface area (Å²) >= 11 is 0. The van der Waals surface area contributed by atoms with Gasteiger partial charge in [0.2, 0.25) is 0 Å². The third kappa shape index (κ3) is 2.81. The number of carbonyl (C=O) groups excluding carboxylic acids is 1. The summed E-state index contributed by atoms with van der Waals surface area (Å²) in [6.07, 6.45) is 3.93. The first kappa shape index (κ1) is 18.0. The Labute approximate surface area is 156 Å². The average Bonchev–Trinajstić information content (AvgIpc) is 3.44. The average molecular weight is 374 g/mol. The van der Waals surface area contributed by atoms with Crippen molar-refractivity contribution < 1.29 is 19.0 Å². The number of aliphatic hydroxyl groups is 1. The molecule has 1 aliphatic carbocycles. The van der Waals surface area contributed by atoms with E-state index in [0.717, 1.165) is 24.8 Å². The lowest BCUT2D eigenvalue weighted by molar-refractivity contribution is 0.0524. The Kier molecular flexibility index (Phi) is 4.42. The van der Waals surface area contributed by atoms with Crippen molar-refractivity contribution in [3.05, 3.63) is 45.1 Å². The zero-order valence-electron chi connectivity index (χ0n) is 15.5. The van der Waals surface area contributed by atoms with Gasteiger partial charge in [0.05, 0.1) is 36.7 Å². The third-order valence-electron chi connectivity index (χ3n) is 5.60. The highest BCUT2D eigenvalue weighted by atomic mass is 19.1. The highest BCUT2D eigenvalue weighted by molar-refractivity contribution is 5.90. The molecule has 144 valence electrons. The van der Waals surface area contributed by atoms with Crippen molar-refractivity contribution in [3.8, 4) is 0 Å². The van der Waals surface area contributed by atoms with Crippen molar-refractivity contribution in [3.63, 3.8) is 0 Å². The minimum atomic E-state index is -0.677. The topological polar surface area (TPSA) is 71.2 Å². The van der Waals surface area contributed by atoms with Gasteiger partial charge < -0.3 is 14.7 Å². The van der Waals surface area contributed by atoms with Gasteiger partial charge in [0, 0.05) is 6.54 Å². The minimum absolute atomic E-state index is 0.0336. The van der Waals surface area contributed by atoms with Gasteiger partial charge in [0.1, 0.15) is 5.56 Å². The Morgan fingerprint density at radius 2 is 2.11 bits per heavy atom. The van der Waals surface area contributed by atoms with Crippen LogP contribution in [0.15, 0.2) is 17.1 Å². The van der Waals surface area contributed by atoms with Crippen molar-refractivity contribution >= 4 is 17.2 Å². The standard InChI is InChI=1S/C20H23FN2O4/c1-3-27-20(26)15-8-14(12-4-5-12)17-11(2)18(22-7-6-13(22)10-24)16(21)9-23(17)19(15)25/h8-9,12-13,24H,3-7,10H2,1-2H3. The predicted octanol–water partition coefficient (Wildman–Crippen LogP) is 2.37. The van der Waals surface area contributed by atoms with Gasteiger partial charge in [-0.2, -0.15) is 0 Å². The number of pyridine rings is 2. The normalized spacial score (nSPS) is 19.3. The number of aliphatic hydroxyl groups excluding tert-OH is 1. The lowest BCUT2D eigenvalue weighted by Gasteiger charge is -2.43. The third-order valence-corrected chi connectivity index (χ3v) is 5.60. The molecule has 4 rings (SSSR count). The van der Waals surface area contributed by atoms with E-state index < -0.39 is 17.3 Å². The van der Waals surface area contributed by atoms with Crippen LogP contribution in [0.2, 0.25) is 0 Å². The highest BCUT2D eigenvalue weighted by Crippen LogP contribution is 2.44. The van der Waals surface area contributed by atoms with E-state index in [9.17, 15) is 19.1 Å². The summed E-state index contributed by atoms with van der Waals surface area (Å²) in [6.45, 7) is 4.29. The zero-order chi connectivity index (χ0) is 19.3. The van der Waals surface area contributed by atoms with Gasteiger partial charge in [0.15, 0.2) is 5.82 Å². The van der Waals surface area contributed by atoms with E-state index >= 15 is 0 Å². The van der Waals surface area contributed by atoms with Crippen LogP contribution in [-0.2, 0) is 4.74 Å². The molecule has 0 radical (unpaired) electrons. The van der Waals surface area contributed by atoms with Gasteiger partial charge in [-0.15, -0.1) is 0 Å². The van der Waals surface area contributed by atoms with Gasteiger partial charge in [-0.25, -0.2) is 9.18 Å². The molecule has 1 N–H and O–H groups in total. The fourth-order valence-corrected chi connectivity index (χ4v) is 3.98. The van der Waals surface area contributed by atoms with Crippen LogP contribution in [0, 0.1) is 12.7 Å². The van der Waals surface area contributed by atoms with Crippen molar-refractivity contribution in [1.29, 1.82) is 0 Å². The molecule has 6 nitrogen and oxygen atoms in total. The maximum Gasteiger partial charge on any atom is 0.343 e. The Morgan fingerprint density at radius 1 is 1.37 bits per heavy atom. The summed E-state index contributed by atoms with van der Waals surface area (Å²) in [5.41, 5.74) is 2.03. The fourth-order valence-electron chi connectivity index (χ4n) is 3.98. The van der Waals surface area contributed by atoms with Crippen molar-refractivity contribution in [1.82, 2.24) is 4.40 Å². The molecule has 2 aromatic rings. The number of nitrogens with zero attached hydrogens (tertiary/aromatic N) is 2. The van der Waals surface area contributed by atoms with E-state index in [2.05, 4.69) is 0 Å². The smallest absolute Gasteiger partial charge is 0.343 e. The summed E-state index contributed by atoms with van der Waals surface area (Å²) in [4.78, 5) is 26.9. The maximum absolute atomic E-state index is 15.0. The lowest BCUT2D eigenvalue weighted by atomic mass is 9.98. The Balaban J connectivity index is 1.97. The largest absolute Gasteiger partial charge is 0.462 e. The lowest BCUT2D eigenvalue weighted by Crippen LogP contribution is -2.50. The van der Waals surface area contributed by atoms with Crippen LogP contribution in [0.4, 0.5) is 10.1 Å². The van der Waals surface area contributed by atoms with E-state index in [0.29, 0.717) is 23.3 Å². The molecular weight excluding hydrogens is 351 g/mol. The molecule has 0 spiro atoms. The number of anilines is 1. The van der Waals surface area contributed by atoms with Crippen LogP contribution in [0.1, 0.15) is 53.6 Å². The van der Waals surface area contributed by atoms with Crippen LogP contribution in [-0.4, -0.2) is 41.3 Å². The first-order valence-corrected chi connectivity index (χ1v) is 9.40. The zero-order valence-corrected chi connectivity index (χ0v) is 15.5. The number of ether oxygens (including phenoxy) is 1. The number of carbonyl (C=O) groups is 1. The van der Waals surface area contributed by atoms with Crippen LogP contribution >= 0.6 is 0 Å². The van der Waals surface area contributed by atoms with Gasteiger partial charge in [-0.05, 0) is 56.2 Å². The number of aromatic nitrogens is 1. The van der Waals surface area contributed by atoms with E-state index in [-0.39, 0.29) is 30.7 Å². The van der Waals surface area contributed by atoms with Crippen molar-refractivity contribution in [2.45, 2.75) is 45.1 Å². The number of rotatable bonds is 5. The summed E-state index contributed by atoms with van der Waals surface area (Å²) in [7, 11) is 0. The minimum Gasteiger partial charge on any atom is -0.462 e. The molecule has 1 saturated carbocycles. The molecule has 1 unspecified atom stereocenters. The number of esters is 1. The number of hydrogen-bond donors (Lipinski definition) is 1. The van der Waals surface area contributed by atoms with Gasteiger partial charge in [-0.3, -0.25) is 9.20 Å². The molecule has 7 heteroatoms. The maximum atomic E-state index is 15.0.